The summed E-state index contributed by atoms with van der Waals surface area (Å²) in [4.78, 5) is 26.9. The Bertz CT molecular complexity index is 564. The molecule has 0 aromatic heterocycles. The maximum absolute atomic E-state index is 13.0. The summed E-state index contributed by atoms with van der Waals surface area (Å²) in [6.07, 6.45) is 0.552. The van der Waals surface area contributed by atoms with Crippen molar-refractivity contribution in [3.63, 3.8) is 0 Å². The highest BCUT2D eigenvalue weighted by Gasteiger charge is 2.30. The third kappa shape index (κ3) is 7.26. The average molecular weight is 348 g/mol. The number of hydrogen-bond acceptors (Lipinski definition) is 4. The number of nitrogens with two attached hydrogens (primary N) is 1. The lowest BCUT2D eigenvalue weighted by molar-refractivity contribution is -0.158. The van der Waals surface area contributed by atoms with Crippen LogP contribution in [0, 0.1) is 5.92 Å². The highest BCUT2D eigenvalue weighted by Crippen LogP contribution is 2.19. The van der Waals surface area contributed by atoms with Crippen molar-refractivity contribution in [2.45, 2.75) is 65.1 Å². The maximum atomic E-state index is 13.0. The van der Waals surface area contributed by atoms with Crippen molar-refractivity contribution in [1.29, 1.82) is 0 Å². The summed E-state index contributed by atoms with van der Waals surface area (Å²) in [5.41, 5.74) is 6.38. The van der Waals surface area contributed by atoms with Gasteiger partial charge in [-0.05, 0) is 46.6 Å². The fourth-order valence-corrected chi connectivity index (χ4v) is 2.57. The first kappa shape index (κ1) is 21.2. The second-order valence-electron chi connectivity index (χ2n) is 7.73. The van der Waals surface area contributed by atoms with E-state index in [1.54, 1.807) is 11.9 Å². The van der Waals surface area contributed by atoms with E-state index in [1.165, 1.54) is 0 Å². The van der Waals surface area contributed by atoms with E-state index in [0.717, 1.165) is 5.56 Å². The summed E-state index contributed by atoms with van der Waals surface area (Å²) >= 11 is 0. The molecule has 0 radical (unpaired) electrons. The molecule has 0 fully saturated rings. The van der Waals surface area contributed by atoms with Gasteiger partial charge in [-0.15, -0.1) is 0 Å². The first-order valence-electron chi connectivity index (χ1n) is 8.79. The smallest absolute Gasteiger partial charge is 0.307 e. The first-order valence-corrected chi connectivity index (χ1v) is 8.79. The molecule has 0 aliphatic carbocycles. The summed E-state index contributed by atoms with van der Waals surface area (Å²) in [6.45, 7) is 9.25. The van der Waals surface area contributed by atoms with Crippen LogP contribution in [0.1, 0.15) is 46.6 Å². The molecule has 5 nitrogen and oxygen atoms in total. The van der Waals surface area contributed by atoms with Gasteiger partial charge >= 0.3 is 5.97 Å². The van der Waals surface area contributed by atoms with Crippen molar-refractivity contribution in [1.82, 2.24) is 4.90 Å². The van der Waals surface area contributed by atoms with Gasteiger partial charge in [0.25, 0.3) is 0 Å². The molecule has 0 spiro atoms. The molecule has 1 aromatic rings. The van der Waals surface area contributed by atoms with Crippen LogP contribution in [-0.4, -0.2) is 41.5 Å². The largest absolute Gasteiger partial charge is 0.460 e. The summed E-state index contributed by atoms with van der Waals surface area (Å²) in [7, 11) is 1.74. The molecule has 25 heavy (non-hydrogen) atoms. The minimum absolute atomic E-state index is 0.0566. The molecule has 0 heterocycles. The van der Waals surface area contributed by atoms with Crippen molar-refractivity contribution in [2.24, 2.45) is 11.7 Å². The van der Waals surface area contributed by atoms with E-state index >= 15 is 0 Å². The number of rotatable bonds is 7. The Labute approximate surface area is 151 Å². The molecule has 1 aromatic carbocycles. The average Bonchev–Trinajstić information content (AvgIpc) is 2.51. The first-order chi connectivity index (χ1) is 11.5. The van der Waals surface area contributed by atoms with Crippen molar-refractivity contribution < 1.29 is 14.3 Å². The Morgan fingerprint density at radius 3 is 2.20 bits per heavy atom. The fourth-order valence-electron chi connectivity index (χ4n) is 2.57. The minimum atomic E-state index is -0.567. The predicted octanol–water partition coefficient (Wildman–Crippen LogP) is 2.77. The van der Waals surface area contributed by atoms with E-state index < -0.39 is 11.5 Å². The van der Waals surface area contributed by atoms with Crippen LogP contribution in [0.5, 0.6) is 0 Å². The van der Waals surface area contributed by atoms with Crippen LogP contribution < -0.4 is 5.73 Å². The molecule has 0 aliphatic heterocycles. The van der Waals surface area contributed by atoms with E-state index in [9.17, 15) is 9.59 Å². The molecule has 5 heteroatoms. The van der Waals surface area contributed by atoms with Crippen LogP contribution in [0.15, 0.2) is 30.3 Å². The number of ether oxygens (including phenoxy) is 1. The van der Waals surface area contributed by atoms with Crippen molar-refractivity contribution in [3.05, 3.63) is 35.9 Å². The van der Waals surface area contributed by atoms with E-state index in [1.807, 2.05) is 65.0 Å². The van der Waals surface area contributed by atoms with E-state index in [0.29, 0.717) is 6.42 Å². The molecule has 0 bridgehead atoms. The van der Waals surface area contributed by atoms with Gasteiger partial charge < -0.3 is 15.4 Å². The Morgan fingerprint density at radius 2 is 1.72 bits per heavy atom. The van der Waals surface area contributed by atoms with E-state index in [2.05, 4.69) is 0 Å². The van der Waals surface area contributed by atoms with Crippen molar-refractivity contribution >= 4 is 11.9 Å². The SMILES string of the molecule is C[C@H](N)[C@H](C)N(C)C(=O)[C@@H](CC(=O)OC(C)(C)C)Cc1ccccc1. The third-order valence-electron chi connectivity index (χ3n) is 4.23. The van der Waals surface area contributed by atoms with E-state index in [-0.39, 0.29) is 30.4 Å². The molecule has 140 valence electrons. The van der Waals surface area contributed by atoms with Crippen LogP contribution in [0.3, 0.4) is 0 Å². The molecule has 0 saturated heterocycles. The predicted molar refractivity (Wildman–Crippen MR) is 100.0 cm³/mol. The summed E-state index contributed by atoms with van der Waals surface area (Å²) in [6, 6.07) is 9.46. The van der Waals surface area contributed by atoms with Crippen LogP contribution in [0.2, 0.25) is 0 Å². The number of benzene rings is 1. The van der Waals surface area contributed by atoms with Gasteiger partial charge in [0.15, 0.2) is 0 Å². The number of amides is 1. The summed E-state index contributed by atoms with van der Waals surface area (Å²) in [5, 5.41) is 0. The van der Waals surface area contributed by atoms with Gasteiger partial charge in [0.1, 0.15) is 5.60 Å². The molecule has 3 atom stereocenters. The lowest BCUT2D eigenvalue weighted by atomic mass is 9.94. The van der Waals surface area contributed by atoms with Crippen LogP contribution in [-0.2, 0) is 20.7 Å². The molecular formula is C20H32N2O3. The normalized spacial score (nSPS) is 15.2. The Morgan fingerprint density at radius 1 is 1.16 bits per heavy atom. The second-order valence-corrected chi connectivity index (χ2v) is 7.73. The van der Waals surface area contributed by atoms with Gasteiger partial charge in [0, 0.05) is 19.1 Å². The van der Waals surface area contributed by atoms with Crippen LogP contribution >= 0.6 is 0 Å². The standard InChI is InChI=1S/C20H32N2O3/c1-14(21)15(2)22(6)19(24)17(12-16-10-8-7-9-11-16)13-18(23)25-20(3,4)5/h7-11,14-15,17H,12-13,21H2,1-6H3/t14-,15-,17+/m0/s1. The summed E-state index contributed by atoms with van der Waals surface area (Å²) in [5.74, 6) is -0.911. The molecule has 0 aliphatic rings. The topological polar surface area (TPSA) is 72.6 Å². The van der Waals surface area contributed by atoms with Crippen LogP contribution in [0.4, 0.5) is 0 Å². The zero-order chi connectivity index (χ0) is 19.2. The Kier molecular flexibility index (Phi) is 7.61. The number of likely N-dealkylation sites (N-methyl/N-ethyl adjacent to an activating group) is 1. The zero-order valence-electron chi connectivity index (χ0n) is 16.3. The second kappa shape index (κ2) is 8.99. The Balaban J connectivity index is 2.94. The van der Waals surface area contributed by atoms with E-state index in [4.69, 9.17) is 10.5 Å². The van der Waals surface area contributed by atoms with Gasteiger partial charge in [-0.3, -0.25) is 9.59 Å². The van der Waals surface area contributed by atoms with Crippen molar-refractivity contribution in [3.8, 4) is 0 Å². The zero-order valence-corrected chi connectivity index (χ0v) is 16.3. The molecule has 0 unspecified atom stereocenters. The van der Waals surface area contributed by atoms with Crippen molar-refractivity contribution in [2.75, 3.05) is 7.05 Å². The molecule has 2 N–H and O–H groups in total. The number of carbonyl (C=O) groups is 2. The van der Waals surface area contributed by atoms with Gasteiger partial charge in [0.05, 0.1) is 12.3 Å². The fraction of sp³-hybridized carbons (Fsp3) is 0.600. The summed E-state index contributed by atoms with van der Waals surface area (Å²) < 4.78 is 5.41. The number of nitrogens with zero attached hydrogens (tertiary/aromatic N) is 1. The van der Waals surface area contributed by atoms with Gasteiger partial charge in [-0.25, -0.2) is 0 Å². The monoisotopic (exact) mass is 348 g/mol. The number of esters is 1. The molecular weight excluding hydrogens is 316 g/mol. The lowest BCUT2D eigenvalue weighted by Crippen LogP contribution is -2.48. The highest BCUT2D eigenvalue weighted by atomic mass is 16.6. The molecule has 1 rings (SSSR count). The maximum Gasteiger partial charge on any atom is 0.307 e. The third-order valence-corrected chi connectivity index (χ3v) is 4.23. The molecule has 1 amide bonds. The Hall–Kier alpha value is -1.88. The minimum Gasteiger partial charge on any atom is -0.460 e. The molecule has 0 saturated carbocycles. The lowest BCUT2D eigenvalue weighted by Gasteiger charge is -2.31. The van der Waals surface area contributed by atoms with Crippen LogP contribution in [0.25, 0.3) is 0 Å². The highest BCUT2D eigenvalue weighted by molar-refractivity contribution is 5.84. The number of hydrogen-bond donors (Lipinski definition) is 1. The van der Waals surface area contributed by atoms with Gasteiger partial charge in [-0.1, -0.05) is 30.3 Å². The quantitative estimate of drug-likeness (QED) is 0.769. The van der Waals surface area contributed by atoms with Gasteiger partial charge in [-0.2, -0.15) is 0 Å². The number of carbonyl (C=O) groups excluding carboxylic acids is 2. The van der Waals surface area contributed by atoms with Gasteiger partial charge in [0.2, 0.25) is 5.91 Å².